The third kappa shape index (κ3) is 5.35. The molecule has 0 radical (unpaired) electrons. The van der Waals surface area contributed by atoms with E-state index >= 15 is 0 Å². The number of nitrogens with zero attached hydrogens (tertiary/aromatic N) is 1. The Morgan fingerprint density at radius 2 is 1.68 bits per heavy atom. The summed E-state index contributed by atoms with van der Waals surface area (Å²) >= 11 is 6.26. The number of hydrogen-bond donors (Lipinski definition) is 4. The molecule has 41 heavy (non-hydrogen) atoms. The van der Waals surface area contributed by atoms with Crippen LogP contribution in [0.3, 0.4) is 0 Å². The molecule has 2 saturated carbocycles. The summed E-state index contributed by atoms with van der Waals surface area (Å²) in [5, 5.41) is 34.5. The molecule has 1 amide bonds. The molecule has 2 aliphatic rings. The third-order valence-electron chi connectivity index (χ3n) is 8.20. The lowest BCUT2D eigenvalue weighted by Gasteiger charge is -2.46. The van der Waals surface area contributed by atoms with Gasteiger partial charge in [0, 0.05) is 23.5 Å². The number of carbonyl (C=O) groups is 1. The SMILES string of the molecule is O=C(Nc1ccc(F)c(F)c1)c1ccc(Cl)c(S(=O)(=O)C2CC3CC[C@@H](C2)C3(O)C(O)C(O)c2cc(F)ccn2)c1. The highest BCUT2D eigenvalue weighted by Gasteiger charge is 2.60. The summed E-state index contributed by atoms with van der Waals surface area (Å²) in [5.41, 5.74) is -2.12. The van der Waals surface area contributed by atoms with E-state index in [0.29, 0.717) is 12.8 Å². The first kappa shape index (κ1) is 29.5. The monoisotopic (exact) mass is 610 g/mol. The Kier molecular flexibility index (Phi) is 7.90. The molecule has 218 valence electrons. The molecular formula is C28H26ClF3N2O6S. The van der Waals surface area contributed by atoms with Gasteiger partial charge in [0.25, 0.3) is 5.91 Å². The molecule has 2 bridgehead atoms. The number of aliphatic hydroxyl groups excluding tert-OH is 2. The first-order valence-electron chi connectivity index (χ1n) is 12.8. The number of carbonyl (C=O) groups excluding carboxylic acids is 1. The smallest absolute Gasteiger partial charge is 0.255 e. The van der Waals surface area contributed by atoms with Crippen molar-refractivity contribution in [3.63, 3.8) is 0 Å². The third-order valence-corrected chi connectivity index (χ3v) is 10.9. The van der Waals surface area contributed by atoms with Gasteiger partial charge in [0.15, 0.2) is 21.5 Å². The Morgan fingerprint density at radius 3 is 2.32 bits per heavy atom. The van der Waals surface area contributed by atoms with Crippen LogP contribution < -0.4 is 5.32 Å². The van der Waals surface area contributed by atoms with E-state index in [9.17, 15) is 41.7 Å². The molecule has 5 rings (SSSR count). The van der Waals surface area contributed by atoms with E-state index in [1.165, 1.54) is 12.1 Å². The standard InChI is InChI=1S/C28H26ClF3N2O6S/c29-20-5-1-14(27(37)34-18-4-6-21(31)22(32)13-18)9-24(20)41(39,40)19-10-15-2-3-16(11-19)28(15,38)26(36)25(35)23-12-17(30)7-8-33-23/h1,4-9,12-13,15-16,19,25-26,35-36,38H,2-3,10-11H2,(H,34,37)/t15-,16?,19?,25?,26?,28?/m0/s1. The number of hydrogen-bond acceptors (Lipinski definition) is 7. The average Bonchev–Trinajstić information content (AvgIpc) is 3.10. The van der Waals surface area contributed by atoms with Gasteiger partial charge in [0.1, 0.15) is 18.0 Å². The summed E-state index contributed by atoms with van der Waals surface area (Å²) in [7, 11) is -4.15. The van der Waals surface area contributed by atoms with Crippen molar-refractivity contribution in [3.8, 4) is 0 Å². The molecule has 1 aromatic heterocycles. The van der Waals surface area contributed by atoms with Crippen molar-refractivity contribution in [2.75, 3.05) is 5.32 Å². The van der Waals surface area contributed by atoms with Crippen molar-refractivity contribution in [1.29, 1.82) is 0 Å². The lowest BCUT2D eigenvalue weighted by atomic mass is 9.69. The molecule has 2 aliphatic carbocycles. The van der Waals surface area contributed by atoms with Gasteiger partial charge in [0.05, 0.1) is 26.5 Å². The van der Waals surface area contributed by atoms with Crippen LogP contribution in [0, 0.1) is 29.3 Å². The van der Waals surface area contributed by atoms with Crippen LogP contribution in [0.2, 0.25) is 5.02 Å². The maximum Gasteiger partial charge on any atom is 0.255 e. The molecule has 8 nitrogen and oxygen atoms in total. The average molecular weight is 611 g/mol. The Bertz CT molecular complexity index is 1590. The lowest BCUT2D eigenvalue weighted by Crippen LogP contribution is -2.57. The fourth-order valence-electron chi connectivity index (χ4n) is 6.10. The molecule has 1 heterocycles. The minimum Gasteiger partial charge on any atom is -0.387 e. The second-order valence-electron chi connectivity index (χ2n) is 10.5. The number of aliphatic hydroxyl groups is 3. The number of sulfone groups is 1. The normalized spacial score (nSPS) is 25.5. The fraction of sp³-hybridized carbons (Fsp3) is 0.357. The van der Waals surface area contributed by atoms with E-state index in [-0.39, 0.29) is 39.7 Å². The zero-order valence-corrected chi connectivity index (χ0v) is 22.9. The number of rotatable bonds is 7. The quantitative estimate of drug-likeness (QED) is 0.315. The minimum absolute atomic E-state index is 0.0365. The fourth-order valence-corrected chi connectivity index (χ4v) is 8.50. The Morgan fingerprint density at radius 1 is 1.00 bits per heavy atom. The van der Waals surface area contributed by atoms with Crippen molar-refractivity contribution in [3.05, 3.63) is 88.5 Å². The molecule has 13 heteroatoms. The van der Waals surface area contributed by atoms with Crippen molar-refractivity contribution in [1.82, 2.24) is 4.98 Å². The van der Waals surface area contributed by atoms with Gasteiger partial charge in [-0.25, -0.2) is 21.6 Å². The summed E-state index contributed by atoms with van der Waals surface area (Å²) < 4.78 is 68.0. The van der Waals surface area contributed by atoms with Crippen LogP contribution in [0.4, 0.5) is 18.9 Å². The van der Waals surface area contributed by atoms with E-state index < -0.39 is 68.1 Å². The maximum absolute atomic E-state index is 13.8. The van der Waals surface area contributed by atoms with Crippen LogP contribution in [-0.2, 0) is 9.84 Å². The number of halogens is 4. The topological polar surface area (TPSA) is 137 Å². The van der Waals surface area contributed by atoms with E-state index in [1.807, 2.05) is 0 Å². The summed E-state index contributed by atoms with van der Waals surface area (Å²) in [4.78, 5) is 16.3. The largest absolute Gasteiger partial charge is 0.387 e. The van der Waals surface area contributed by atoms with Crippen LogP contribution >= 0.6 is 11.6 Å². The van der Waals surface area contributed by atoms with Crippen LogP contribution in [0.1, 0.15) is 47.8 Å². The molecule has 2 aromatic carbocycles. The van der Waals surface area contributed by atoms with Crippen LogP contribution in [0.5, 0.6) is 0 Å². The zero-order chi connectivity index (χ0) is 29.7. The highest BCUT2D eigenvalue weighted by molar-refractivity contribution is 7.92. The Balaban J connectivity index is 1.37. The van der Waals surface area contributed by atoms with Gasteiger partial charge in [-0.05, 0) is 80.0 Å². The van der Waals surface area contributed by atoms with E-state index in [1.54, 1.807) is 0 Å². The predicted octanol–water partition coefficient (Wildman–Crippen LogP) is 4.19. The number of benzene rings is 2. The summed E-state index contributed by atoms with van der Waals surface area (Å²) in [5.74, 6) is -5.13. The van der Waals surface area contributed by atoms with Crippen LogP contribution in [-0.4, -0.2) is 51.6 Å². The summed E-state index contributed by atoms with van der Waals surface area (Å²) in [6.45, 7) is 0. The number of fused-ring (bicyclic) bond motifs is 2. The van der Waals surface area contributed by atoms with E-state index in [4.69, 9.17) is 11.6 Å². The summed E-state index contributed by atoms with van der Waals surface area (Å²) in [6, 6.07) is 8.44. The first-order valence-corrected chi connectivity index (χ1v) is 14.7. The van der Waals surface area contributed by atoms with Gasteiger partial charge in [-0.3, -0.25) is 9.78 Å². The first-order chi connectivity index (χ1) is 19.3. The maximum atomic E-state index is 13.8. The van der Waals surface area contributed by atoms with Gasteiger partial charge in [-0.15, -0.1) is 0 Å². The van der Waals surface area contributed by atoms with Gasteiger partial charge < -0.3 is 20.6 Å². The van der Waals surface area contributed by atoms with Gasteiger partial charge in [-0.1, -0.05) is 11.6 Å². The van der Waals surface area contributed by atoms with E-state index in [0.717, 1.165) is 42.6 Å². The molecular weight excluding hydrogens is 585 g/mol. The second-order valence-corrected chi connectivity index (χ2v) is 13.1. The number of aromatic nitrogens is 1. The molecule has 3 aromatic rings. The molecule has 4 N–H and O–H groups in total. The van der Waals surface area contributed by atoms with Crippen molar-refractivity contribution >= 4 is 33.0 Å². The highest BCUT2D eigenvalue weighted by Crippen LogP contribution is 2.55. The summed E-state index contributed by atoms with van der Waals surface area (Å²) in [6.07, 6.45) is -1.67. The van der Waals surface area contributed by atoms with Crippen molar-refractivity contribution in [2.45, 2.75) is 53.6 Å². The van der Waals surface area contributed by atoms with Crippen molar-refractivity contribution < 1.29 is 41.7 Å². The van der Waals surface area contributed by atoms with Gasteiger partial charge in [-0.2, -0.15) is 0 Å². The number of pyridine rings is 1. The molecule has 5 unspecified atom stereocenters. The number of anilines is 1. The predicted molar refractivity (Wildman–Crippen MR) is 142 cm³/mol. The Labute approximate surface area is 238 Å². The van der Waals surface area contributed by atoms with Crippen LogP contribution in [0.25, 0.3) is 0 Å². The molecule has 2 fully saturated rings. The lowest BCUT2D eigenvalue weighted by molar-refractivity contribution is -0.178. The molecule has 0 spiro atoms. The number of nitrogens with one attached hydrogen (secondary N) is 1. The second kappa shape index (κ2) is 11.0. The Hall–Kier alpha value is -3.03. The minimum atomic E-state index is -4.15. The number of amides is 1. The zero-order valence-electron chi connectivity index (χ0n) is 21.3. The molecule has 0 saturated heterocycles. The molecule has 6 atom stereocenters. The molecule has 0 aliphatic heterocycles. The highest BCUT2D eigenvalue weighted by atomic mass is 35.5. The van der Waals surface area contributed by atoms with Gasteiger partial charge >= 0.3 is 0 Å². The van der Waals surface area contributed by atoms with Crippen molar-refractivity contribution in [2.24, 2.45) is 11.8 Å². The van der Waals surface area contributed by atoms with Crippen LogP contribution in [0.15, 0.2) is 59.6 Å². The van der Waals surface area contributed by atoms with Gasteiger partial charge in [0.2, 0.25) is 0 Å². The van der Waals surface area contributed by atoms with E-state index in [2.05, 4.69) is 10.3 Å².